The zero-order valence-corrected chi connectivity index (χ0v) is 18.2. The summed E-state index contributed by atoms with van der Waals surface area (Å²) in [4.78, 5) is 33.7. The van der Waals surface area contributed by atoms with Gasteiger partial charge in [-0.1, -0.05) is 31.1 Å². The van der Waals surface area contributed by atoms with Crippen LogP contribution in [-0.4, -0.2) is 42.9 Å². The van der Waals surface area contributed by atoms with Crippen LogP contribution in [0.25, 0.3) is 22.4 Å². The molecule has 3 aromatic heterocycles. The third-order valence-electron chi connectivity index (χ3n) is 5.59. The Labute approximate surface area is 188 Å². The molecule has 1 aliphatic carbocycles. The molecular formula is C23H21FN6O3. The number of benzene rings is 1. The number of hydrogen-bond donors (Lipinski definition) is 1. The number of alkyl halides is 1. The molecule has 1 N–H and O–H groups in total. The second-order valence-electron chi connectivity index (χ2n) is 8.48. The van der Waals surface area contributed by atoms with Crippen molar-refractivity contribution in [1.82, 2.24) is 24.9 Å². The maximum absolute atomic E-state index is 13.3. The lowest BCUT2D eigenvalue weighted by Crippen LogP contribution is -2.18. The van der Waals surface area contributed by atoms with Crippen LogP contribution >= 0.6 is 0 Å². The third-order valence-corrected chi connectivity index (χ3v) is 5.59. The first-order valence-corrected chi connectivity index (χ1v) is 10.6. The Kier molecular flexibility index (Phi) is 4.99. The van der Waals surface area contributed by atoms with E-state index in [-0.39, 0.29) is 23.7 Å². The first-order valence-electron chi connectivity index (χ1n) is 10.6. The van der Waals surface area contributed by atoms with Gasteiger partial charge in [0.1, 0.15) is 6.17 Å². The van der Waals surface area contributed by atoms with E-state index in [9.17, 15) is 14.0 Å². The second-order valence-corrected chi connectivity index (χ2v) is 8.48. The number of aryl methyl sites for hydroxylation is 1. The van der Waals surface area contributed by atoms with Crippen molar-refractivity contribution in [1.29, 1.82) is 0 Å². The molecule has 0 aliphatic heterocycles. The number of hydrogen-bond acceptors (Lipinski definition) is 7. The van der Waals surface area contributed by atoms with Crippen LogP contribution in [0.4, 0.5) is 10.1 Å². The minimum atomic E-state index is -0.923. The normalized spacial score (nSPS) is 17.5. The second kappa shape index (κ2) is 7.88. The van der Waals surface area contributed by atoms with Crippen molar-refractivity contribution < 1.29 is 18.5 Å². The molecule has 1 saturated carbocycles. The summed E-state index contributed by atoms with van der Waals surface area (Å²) in [6, 6.07) is 7.03. The van der Waals surface area contributed by atoms with Crippen LogP contribution in [0.1, 0.15) is 52.8 Å². The van der Waals surface area contributed by atoms with E-state index in [0.29, 0.717) is 46.0 Å². The van der Waals surface area contributed by atoms with Crippen molar-refractivity contribution in [3.8, 4) is 11.4 Å². The molecule has 33 heavy (non-hydrogen) atoms. The molecule has 9 nitrogen and oxygen atoms in total. The van der Waals surface area contributed by atoms with Crippen LogP contribution in [0.3, 0.4) is 0 Å². The van der Waals surface area contributed by atoms with Gasteiger partial charge in [-0.25, -0.2) is 9.37 Å². The summed E-state index contributed by atoms with van der Waals surface area (Å²) in [5.41, 5.74) is 2.79. The number of carbonyl (C=O) groups is 2. The minimum absolute atomic E-state index is 0.171. The highest BCUT2D eigenvalue weighted by atomic mass is 19.1. The number of carbonyl (C=O) groups excluding carboxylic acids is 2. The molecule has 5 rings (SSSR count). The number of amides is 1. The summed E-state index contributed by atoms with van der Waals surface area (Å²) in [6.07, 6.45) is 2.41. The highest BCUT2D eigenvalue weighted by Crippen LogP contribution is 2.43. The van der Waals surface area contributed by atoms with E-state index in [1.54, 1.807) is 26.0 Å². The molecule has 1 amide bonds. The van der Waals surface area contributed by atoms with Gasteiger partial charge < -0.3 is 9.84 Å². The highest BCUT2D eigenvalue weighted by molar-refractivity contribution is 6.06. The fraction of sp³-hybridized carbons (Fsp3) is 0.304. The van der Waals surface area contributed by atoms with Gasteiger partial charge in [0.05, 0.1) is 17.7 Å². The van der Waals surface area contributed by atoms with E-state index >= 15 is 0 Å². The lowest BCUT2D eigenvalue weighted by molar-refractivity contribution is 0.0843. The summed E-state index contributed by atoms with van der Waals surface area (Å²) in [5, 5.41) is 11.5. The summed E-state index contributed by atoms with van der Waals surface area (Å²) in [5.74, 6) is -0.455. The standard InChI is InChI=1S/C23H21FN6O3/c1-11(2)23(32)30-20-14(10-26-30)6-15(9-25-20)21(31)27-18-7-13(5-4-12(18)3)19-28-22(33-29-19)16-8-17(16)24/h4-7,9-11,16-17H,8H2,1-3H3,(H,27,31)/t16-,17-/m0/s1. The molecule has 10 heteroatoms. The van der Waals surface area contributed by atoms with E-state index in [4.69, 9.17) is 4.52 Å². The SMILES string of the molecule is Cc1ccc(-c2noc([C@H]3C[C@@H]3F)n2)cc1NC(=O)c1cnc2c(cnn2C(=O)C(C)C)c1. The van der Waals surface area contributed by atoms with Gasteiger partial charge in [0.2, 0.25) is 11.7 Å². The van der Waals surface area contributed by atoms with Crippen molar-refractivity contribution in [3.63, 3.8) is 0 Å². The number of nitrogens with one attached hydrogen (secondary N) is 1. The number of aromatic nitrogens is 5. The lowest BCUT2D eigenvalue weighted by atomic mass is 10.1. The molecule has 0 unspecified atom stereocenters. The van der Waals surface area contributed by atoms with E-state index in [1.165, 1.54) is 17.1 Å². The van der Waals surface area contributed by atoms with Crippen LogP contribution in [0.15, 0.2) is 41.2 Å². The molecule has 0 spiro atoms. The van der Waals surface area contributed by atoms with Crippen LogP contribution in [-0.2, 0) is 0 Å². The zero-order valence-electron chi connectivity index (χ0n) is 18.2. The quantitative estimate of drug-likeness (QED) is 0.487. The largest absolute Gasteiger partial charge is 0.339 e. The Hall–Kier alpha value is -3.95. The molecular weight excluding hydrogens is 427 g/mol. The van der Waals surface area contributed by atoms with E-state index in [0.717, 1.165) is 5.56 Å². The van der Waals surface area contributed by atoms with Crippen LogP contribution in [0.5, 0.6) is 0 Å². The van der Waals surface area contributed by atoms with E-state index in [2.05, 4.69) is 25.5 Å². The first kappa shape index (κ1) is 20.9. The maximum atomic E-state index is 13.3. The van der Waals surface area contributed by atoms with Gasteiger partial charge in [-0.15, -0.1) is 0 Å². The molecule has 1 aliphatic rings. The van der Waals surface area contributed by atoms with Crippen LogP contribution in [0.2, 0.25) is 0 Å². The van der Waals surface area contributed by atoms with Crippen molar-refractivity contribution >= 4 is 28.5 Å². The van der Waals surface area contributed by atoms with Crippen molar-refractivity contribution in [2.24, 2.45) is 5.92 Å². The number of nitrogens with zero attached hydrogens (tertiary/aromatic N) is 5. The Bertz CT molecular complexity index is 1390. The number of fused-ring (bicyclic) bond motifs is 1. The molecule has 168 valence electrons. The van der Waals surface area contributed by atoms with Gasteiger partial charge in [0.25, 0.3) is 11.8 Å². The van der Waals surface area contributed by atoms with Gasteiger partial charge in [0, 0.05) is 28.8 Å². The number of halogens is 1. The Balaban J connectivity index is 1.38. The Morgan fingerprint density at radius 3 is 2.76 bits per heavy atom. The minimum Gasteiger partial charge on any atom is -0.339 e. The van der Waals surface area contributed by atoms with Gasteiger partial charge in [-0.3, -0.25) is 9.59 Å². The number of rotatable bonds is 5. The van der Waals surface area contributed by atoms with Gasteiger partial charge >= 0.3 is 0 Å². The fourth-order valence-electron chi connectivity index (χ4n) is 3.46. The van der Waals surface area contributed by atoms with E-state index in [1.807, 2.05) is 19.1 Å². The lowest BCUT2D eigenvalue weighted by Gasteiger charge is -2.10. The predicted molar refractivity (Wildman–Crippen MR) is 118 cm³/mol. The van der Waals surface area contributed by atoms with Gasteiger partial charge in [0.15, 0.2) is 5.65 Å². The maximum Gasteiger partial charge on any atom is 0.257 e. The van der Waals surface area contributed by atoms with Gasteiger partial charge in [-0.05, 0) is 31.0 Å². The monoisotopic (exact) mass is 448 g/mol. The molecule has 3 heterocycles. The molecule has 0 radical (unpaired) electrons. The zero-order chi connectivity index (χ0) is 23.3. The average molecular weight is 448 g/mol. The smallest absolute Gasteiger partial charge is 0.257 e. The Morgan fingerprint density at radius 1 is 1.24 bits per heavy atom. The summed E-state index contributed by atoms with van der Waals surface area (Å²) >= 11 is 0. The summed E-state index contributed by atoms with van der Waals surface area (Å²) < 4.78 is 19.7. The fourth-order valence-corrected chi connectivity index (χ4v) is 3.46. The highest BCUT2D eigenvalue weighted by Gasteiger charge is 2.43. The molecule has 1 fully saturated rings. The van der Waals surface area contributed by atoms with Crippen LogP contribution in [0, 0.1) is 12.8 Å². The van der Waals surface area contributed by atoms with Crippen LogP contribution < -0.4 is 5.32 Å². The van der Waals surface area contributed by atoms with Crippen molar-refractivity contribution in [3.05, 3.63) is 53.7 Å². The predicted octanol–water partition coefficient (Wildman–Crippen LogP) is 4.16. The van der Waals surface area contributed by atoms with Crippen molar-refractivity contribution in [2.75, 3.05) is 5.32 Å². The Morgan fingerprint density at radius 2 is 2.03 bits per heavy atom. The average Bonchev–Trinajstić information content (AvgIpc) is 3.18. The third kappa shape index (κ3) is 3.88. The first-order chi connectivity index (χ1) is 15.8. The molecule has 1 aromatic carbocycles. The van der Waals surface area contributed by atoms with E-state index < -0.39 is 6.17 Å². The summed E-state index contributed by atoms with van der Waals surface area (Å²) in [6.45, 7) is 5.43. The molecule has 0 saturated heterocycles. The number of anilines is 1. The molecule has 2 atom stereocenters. The van der Waals surface area contributed by atoms with Gasteiger partial charge in [-0.2, -0.15) is 14.8 Å². The topological polar surface area (TPSA) is 116 Å². The number of pyridine rings is 1. The molecule has 0 bridgehead atoms. The molecule has 4 aromatic rings. The summed E-state index contributed by atoms with van der Waals surface area (Å²) in [7, 11) is 0. The van der Waals surface area contributed by atoms with Crippen molar-refractivity contribution in [2.45, 2.75) is 39.3 Å².